The minimum Gasteiger partial charge on any atom is -0.494 e. The monoisotopic (exact) mass is 478 g/mol. The van der Waals surface area contributed by atoms with Crippen LogP contribution in [-0.2, 0) is 17.1 Å². The van der Waals surface area contributed by atoms with Gasteiger partial charge in [0, 0.05) is 43.5 Å². The maximum Gasteiger partial charge on any atom is 0.265 e. The van der Waals surface area contributed by atoms with Crippen molar-refractivity contribution < 1.29 is 13.2 Å². The summed E-state index contributed by atoms with van der Waals surface area (Å²) in [5.41, 5.74) is 1.43. The molecule has 3 aromatic heterocycles. The number of anilines is 2. The Bertz CT molecular complexity index is 1540. The molecule has 0 unspecified atom stereocenters. The molecule has 174 valence electrons. The standard InChI is InChI=1S/C22H22N8O3S/c1-22(12-23)13-29(14-22)16-6-7-24-19(8-16)30-11-17(10-26-30)34(31,32)27-20-18(33-3)5-4-15-9-25-28(2)21(15)20/h4-11,27H,13-14H2,1-3H3. The van der Waals surface area contributed by atoms with Crippen LogP contribution in [0.5, 0.6) is 5.75 Å². The van der Waals surface area contributed by atoms with Gasteiger partial charge in [-0.15, -0.1) is 0 Å². The first-order valence-electron chi connectivity index (χ1n) is 10.4. The second-order valence-corrected chi connectivity index (χ2v) is 10.2. The van der Waals surface area contributed by atoms with Gasteiger partial charge in [-0.3, -0.25) is 9.40 Å². The number of rotatable bonds is 6. The molecular weight excluding hydrogens is 456 g/mol. The molecule has 0 saturated carbocycles. The lowest BCUT2D eigenvalue weighted by Gasteiger charge is -2.44. The molecule has 12 heteroatoms. The largest absolute Gasteiger partial charge is 0.494 e. The SMILES string of the molecule is COc1ccc2cnn(C)c2c1NS(=O)(=O)c1cnn(-c2cc(N3CC(C)(C#N)C3)ccn2)c1. The molecule has 34 heavy (non-hydrogen) atoms. The zero-order valence-electron chi connectivity index (χ0n) is 18.8. The average Bonchev–Trinajstić information content (AvgIpc) is 3.45. The van der Waals surface area contributed by atoms with Crippen LogP contribution in [0.3, 0.4) is 0 Å². The molecule has 1 aliphatic rings. The van der Waals surface area contributed by atoms with Crippen LogP contribution in [0.4, 0.5) is 11.4 Å². The fourth-order valence-electron chi connectivity index (χ4n) is 4.06. The van der Waals surface area contributed by atoms with Crippen molar-refractivity contribution in [3.05, 3.63) is 49.1 Å². The van der Waals surface area contributed by atoms with E-state index < -0.39 is 10.0 Å². The summed E-state index contributed by atoms with van der Waals surface area (Å²) >= 11 is 0. The van der Waals surface area contributed by atoms with Gasteiger partial charge in [-0.1, -0.05) is 0 Å². The van der Waals surface area contributed by atoms with Crippen molar-refractivity contribution in [1.29, 1.82) is 5.26 Å². The Morgan fingerprint density at radius 2 is 2.00 bits per heavy atom. The quantitative estimate of drug-likeness (QED) is 0.447. The van der Waals surface area contributed by atoms with E-state index in [4.69, 9.17) is 4.74 Å². The van der Waals surface area contributed by atoms with Gasteiger partial charge >= 0.3 is 0 Å². The van der Waals surface area contributed by atoms with Crippen molar-refractivity contribution in [2.75, 3.05) is 29.8 Å². The fourth-order valence-corrected chi connectivity index (χ4v) is 5.07. The van der Waals surface area contributed by atoms with Gasteiger partial charge in [0.1, 0.15) is 16.3 Å². The lowest BCUT2D eigenvalue weighted by atomic mass is 9.83. The van der Waals surface area contributed by atoms with Crippen molar-refractivity contribution in [2.24, 2.45) is 12.5 Å². The third kappa shape index (κ3) is 3.60. The molecule has 1 aliphatic heterocycles. The number of methoxy groups -OCH3 is 1. The van der Waals surface area contributed by atoms with Crippen molar-refractivity contribution in [3.8, 4) is 17.6 Å². The molecule has 0 spiro atoms. The van der Waals surface area contributed by atoms with E-state index in [1.165, 1.54) is 24.2 Å². The summed E-state index contributed by atoms with van der Waals surface area (Å²) < 4.78 is 37.4. The summed E-state index contributed by atoms with van der Waals surface area (Å²) in [5.74, 6) is 0.844. The zero-order chi connectivity index (χ0) is 24.1. The molecule has 4 aromatic rings. The van der Waals surface area contributed by atoms with Gasteiger partial charge in [-0.2, -0.15) is 15.5 Å². The number of benzene rings is 1. The topological polar surface area (TPSA) is 131 Å². The summed E-state index contributed by atoms with van der Waals surface area (Å²) in [6.45, 7) is 3.16. The number of hydrogen-bond acceptors (Lipinski definition) is 8. The summed E-state index contributed by atoms with van der Waals surface area (Å²) in [5, 5.41) is 18.4. The van der Waals surface area contributed by atoms with Gasteiger partial charge in [0.05, 0.1) is 42.7 Å². The predicted molar refractivity (Wildman–Crippen MR) is 125 cm³/mol. The Labute approximate surface area is 196 Å². The van der Waals surface area contributed by atoms with Gasteiger partial charge in [-0.25, -0.2) is 18.1 Å². The summed E-state index contributed by atoms with van der Waals surface area (Å²) in [6.07, 6.45) is 5.96. The van der Waals surface area contributed by atoms with Gasteiger partial charge < -0.3 is 9.64 Å². The number of fused-ring (bicyclic) bond motifs is 1. The van der Waals surface area contributed by atoms with Crippen LogP contribution in [0, 0.1) is 16.7 Å². The Balaban J connectivity index is 1.44. The van der Waals surface area contributed by atoms with E-state index in [1.54, 1.807) is 30.2 Å². The number of aryl methyl sites for hydroxylation is 1. The third-order valence-corrected chi connectivity index (χ3v) is 7.17. The van der Waals surface area contributed by atoms with Crippen molar-refractivity contribution in [1.82, 2.24) is 24.5 Å². The molecule has 5 rings (SSSR count). The van der Waals surface area contributed by atoms with Crippen LogP contribution in [0.15, 0.2) is 53.9 Å². The van der Waals surface area contributed by atoms with Crippen molar-refractivity contribution in [3.63, 3.8) is 0 Å². The minimum absolute atomic E-state index is 0.0260. The van der Waals surface area contributed by atoms with Crippen molar-refractivity contribution in [2.45, 2.75) is 11.8 Å². The molecule has 1 fully saturated rings. The zero-order valence-corrected chi connectivity index (χ0v) is 19.6. The van der Waals surface area contributed by atoms with Crippen LogP contribution in [0.2, 0.25) is 0 Å². The second-order valence-electron chi connectivity index (χ2n) is 8.48. The Hall–Kier alpha value is -4.11. The van der Waals surface area contributed by atoms with Crippen LogP contribution in [-0.4, -0.2) is 53.2 Å². The average molecular weight is 479 g/mol. The maximum absolute atomic E-state index is 13.2. The molecule has 0 radical (unpaired) electrons. The molecule has 11 nitrogen and oxygen atoms in total. The Morgan fingerprint density at radius 3 is 2.74 bits per heavy atom. The van der Waals surface area contributed by atoms with Crippen LogP contribution < -0.4 is 14.4 Å². The Kier molecular flexibility index (Phi) is 4.94. The van der Waals surface area contributed by atoms with Gasteiger partial charge in [0.2, 0.25) is 0 Å². The van der Waals surface area contributed by atoms with E-state index in [2.05, 4.69) is 30.9 Å². The number of nitrogens with one attached hydrogen (secondary N) is 1. The van der Waals surface area contributed by atoms with E-state index >= 15 is 0 Å². The molecule has 0 bridgehead atoms. The number of aromatic nitrogens is 5. The molecule has 4 heterocycles. The smallest absolute Gasteiger partial charge is 0.265 e. The predicted octanol–water partition coefficient (Wildman–Crippen LogP) is 2.31. The number of pyridine rings is 1. The van der Waals surface area contributed by atoms with Crippen LogP contribution in [0.25, 0.3) is 16.7 Å². The highest BCUT2D eigenvalue weighted by Gasteiger charge is 2.39. The number of hydrogen-bond donors (Lipinski definition) is 1. The lowest BCUT2D eigenvalue weighted by molar-refractivity contribution is 0.337. The highest BCUT2D eigenvalue weighted by molar-refractivity contribution is 7.92. The summed E-state index contributed by atoms with van der Waals surface area (Å²) in [6, 6.07) is 9.49. The fraction of sp³-hybridized carbons (Fsp3) is 0.273. The van der Waals surface area contributed by atoms with Gasteiger partial charge in [0.15, 0.2) is 5.82 Å². The van der Waals surface area contributed by atoms with E-state index in [0.29, 0.717) is 35.9 Å². The second kappa shape index (κ2) is 7.74. The molecule has 0 amide bonds. The molecule has 1 aromatic carbocycles. The minimum atomic E-state index is -3.99. The van der Waals surface area contributed by atoms with Crippen LogP contribution >= 0.6 is 0 Å². The highest BCUT2D eigenvalue weighted by Crippen LogP contribution is 2.35. The number of nitriles is 1. The van der Waals surface area contributed by atoms with Crippen LogP contribution in [0.1, 0.15) is 6.92 Å². The van der Waals surface area contributed by atoms with Crippen molar-refractivity contribution >= 4 is 32.3 Å². The van der Waals surface area contributed by atoms with E-state index in [-0.39, 0.29) is 10.3 Å². The molecule has 0 atom stereocenters. The lowest BCUT2D eigenvalue weighted by Crippen LogP contribution is -2.54. The summed E-state index contributed by atoms with van der Waals surface area (Å²) in [4.78, 5) is 6.36. The Morgan fingerprint density at radius 1 is 1.21 bits per heavy atom. The first-order chi connectivity index (χ1) is 16.2. The summed E-state index contributed by atoms with van der Waals surface area (Å²) in [7, 11) is -0.781. The van der Waals surface area contributed by atoms with Gasteiger partial charge in [-0.05, 0) is 25.1 Å². The highest BCUT2D eigenvalue weighted by atomic mass is 32.2. The number of nitrogens with zero attached hydrogens (tertiary/aromatic N) is 7. The third-order valence-electron chi connectivity index (χ3n) is 5.87. The molecule has 0 aliphatic carbocycles. The molecule has 1 N–H and O–H groups in total. The van der Waals surface area contributed by atoms with E-state index in [0.717, 1.165) is 11.1 Å². The van der Waals surface area contributed by atoms with E-state index in [1.807, 2.05) is 25.1 Å². The molecular formula is C22H22N8O3S. The van der Waals surface area contributed by atoms with E-state index in [9.17, 15) is 13.7 Å². The molecule has 1 saturated heterocycles. The van der Waals surface area contributed by atoms with Gasteiger partial charge in [0.25, 0.3) is 10.0 Å². The normalized spacial score (nSPS) is 15.1. The first kappa shape index (κ1) is 21.7. The number of ether oxygens (including phenoxy) is 1. The maximum atomic E-state index is 13.2. The first-order valence-corrected chi connectivity index (χ1v) is 11.9. The number of sulfonamides is 1.